The zero-order valence-corrected chi connectivity index (χ0v) is 17.0. The molecule has 5 nitrogen and oxygen atoms in total. The summed E-state index contributed by atoms with van der Waals surface area (Å²) in [6.45, 7) is 2.83. The van der Waals surface area contributed by atoms with Crippen LogP contribution < -0.4 is 15.0 Å². The van der Waals surface area contributed by atoms with Gasteiger partial charge < -0.3 is 15.0 Å². The molecule has 0 fully saturated rings. The summed E-state index contributed by atoms with van der Waals surface area (Å²) >= 11 is 0. The van der Waals surface area contributed by atoms with Crippen LogP contribution in [0, 0.1) is 11.3 Å². The van der Waals surface area contributed by atoms with Crippen LogP contribution in [0.5, 0.6) is 5.75 Å². The Balaban J connectivity index is 1.67. The molecule has 3 aromatic rings. The Kier molecular flexibility index (Phi) is 5.40. The Morgan fingerprint density at radius 1 is 1.10 bits per heavy atom. The Bertz CT molecular complexity index is 1100. The van der Waals surface area contributed by atoms with Crippen molar-refractivity contribution < 1.29 is 9.53 Å². The largest absolute Gasteiger partial charge is 0.497 e. The van der Waals surface area contributed by atoms with E-state index in [1.165, 1.54) is 0 Å². The lowest BCUT2D eigenvalue weighted by atomic mass is 9.91. The van der Waals surface area contributed by atoms with Crippen molar-refractivity contribution in [3.8, 4) is 11.8 Å². The Morgan fingerprint density at radius 2 is 1.90 bits per heavy atom. The van der Waals surface area contributed by atoms with Crippen LogP contribution in [0.2, 0.25) is 0 Å². The van der Waals surface area contributed by atoms with Crippen molar-refractivity contribution >= 4 is 17.3 Å². The molecule has 0 radical (unpaired) electrons. The number of rotatable bonds is 5. The van der Waals surface area contributed by atoms with Gasteiger partial charge in [-0.25, -0.2) is 0 Å². The lowest BCUT2D eigenvalue weighted by molar-refractivity contribution is 0.102. The van der Waals surface area contributed by atoms with Crippen molar-refractivity contribution in [1.82, 2.24) is 0 Å². The molecule has 30 heavy (non-hydrogen) atoms. The highest BCUT2D eigenvalue weighted by Gasteiger charge is 2.39. The van der Waals surface area contributed by atoms with Crippen LogP contribution in [0.15, 0.2) is 72.8 Å². The molecule has 2 atom stereocenters. The van der Waals surface area contributed by atoms with Gasteiger partial charge in [0.2, 0.25) is 0 Å². The van der Waals surface area contributed by atoms with Crippen LogP contribution in [0.3, 0.4) is 0 Å². The molecular weight excluding hydrogens is 374 g/mol. The molecule has 5 heteroatoms. The average Bonchev–Trinajstić information content (AvgIpc) is 3.12. The van der Waals surface area contributed by atoms with E-state index >= 15 is 0 Å². The molecule has 1 aliphatic rings. The number of anilines is 2. The molecule has 1 aliphatic heterocycles. The number of amides is 1. The number of carbonyl (C=O) groups excluding carboxylic acids is 1. The first kappa shape index (κ1) is 19.5. The summed E-state index contributed by atoms with van der Waals surface area (Å²) < 4.78 is 5.39. The molecule has 2 unspecified atom stereocenters. The van der Waals surface area contributed by atoms with Crippen molar-refractivity contribution in [3.05, 3.63) is 89.5 Å². The second-order valence-electron chi connectivity index (χ2n) is 7.21. The van der Waals surface area contributed by atoms with Crippen molar-refractivity contribution in [1.29, 1.82) is 5.26 Å². The van der Waals surface area contributed by atoms with Crippen molar-refractivity contribution in [2.75, 3.05) is 23.9 Å². The quantitative estimate of drug-likeness (QED) is 0.648. The van der Waals surface area contributed by atoms with Crippen LogP contribution in [0.4, 0.5) is 11.4 Å². The van der Waals surface area contributed by atoms with Crippen LogP contribution in [0.1, 0.15) is 40.4 Å². The molecule has 150 valence electrons. The molecule has 0 saturated heterocycles. The van der Waals surface area contributed by atoms with E-state index < -0.39 is 0 Å². The second kappa shape index (κ2) is 8.30. The molecule has 1 N–H and O–H groups in total. The lowest BCUT2D eigenvalue weighted by Crippen LogP contribution is -2.26. The Labute approximate surface area is 176 Å². The van der Waals surface area contributed by atoms with Gasteiger partial charge >= 0.3 is 0 Å². The van der Waals surface area contributed by atoms with Gasteiger partial charge in [0, 0.05) is 29.5 Å². The predicted octanol–water partition coefficient (Wildman–Crippen LogP) is 5.14. The maximum absolute atomic E-state index is 12.5. The maximum Gasteiger partial charge on any atom is 0.255 e. The topological polar surface area (TPSA) is 65.4 Å². The first-order valence-electron chi connectivity index (χ1n) is 9.96. The fourth-order valence-electron chi connectivity index (χ4n) is 4.13. The number of likely N-dealkylation sites (N-methyl/N-ethyl adjacent to an activating group) is 1. The van der Waals surface area contributed by atoms with Crippen molar-refractivity contribution in [3.63, 3.8) is 0 Å². The van der Waals surface area contributed by atoms with Gasteiger partial charge in [-0.2, -0.15) is 5.26 Å². The molecule has 0 aromatic heterocycles. The zero-order valence-electron chi connectivity index (χ0n) is 17.0. The number of nitrogens with one attached hydrogen (secondary N) is 1. The third-order valence-electron chi connectivity index (χ3n) is 5.54. The molecule has 0 saturated carbocycles. The minimum Gasteiger partial charge on any atom is -0.497 e. The van der Waals surface area contributed by atoms with E-state index in [0.29, 0.717) is 11.3 Å². The standard InChI is InChI=1S/C25H23N3O2/c1-3-28-23-15-20(30-2)12-13-21(23)22(16-26)24(28)18-10-7-11-19(14-18)27-25(29)17-8-5-4-6-9-17/h4-15,22,24H,3H2,1-2H3,(H,27,29). The van der Waals surface area contributed by atoms with Crippen LogP contribution >= 0.6 is 0 Å². The summed E-state index contributed by atoms with van der Waals surface area (Å²) in [5.74, 6) is 0.315. The fourth-order valence-corrected chi connectivity index (χ4v) is 4.13. The highest BCUT2D eigenvalue weighted by molar-refractivity contribution is 6.04. The summed E-state index contributed by atoms with van der Waals surface area (Å²) in [6, 6.07) is 25.1. The van der Waals surface area contributed by atoms with E-state index in [1.54, 1.807) is 19.2 Å². The summed E-state index contributed by atoms with van der Waals surface area (Å²) in [6.07, 6.45) is 0. The van der Waals surface area contributed by atoms with E-state index in [0.717, 1.165) is 29.1 Å². The summed E-state index contributed by atoms with van der Waals surface area (Å²) in [7, 11) is 1.64. The van der Waals surface area contributed by atoms with E-state index in [9.17, 15) is 10.1 Å². The molecule has 1 amide bonds. The van der Waals surface area contributed by atoms with Crippen LogP contribution in [0.25, 0.3) is 0 Å². The van der Waals surface area contributed by atoms with E-state index in [4.69, 9.17) is 4.74 Å². The third-order valence-corrected chi connectivity index (χ3v) is 5.54. The summed E-state index contributed by atoms with van der Waals surface area (Å²) in [4.78, 5) is 14.8. The molecule has 0 spiro atoms. The first-order valence-corrected chi connectivity index (χ1v) is 9.96. The monoisotopic (exact) mass is 397 g/mol. The number of carbonyl (C=O) groups is 1. The van der Waals surface area contributed by atoms with Gasteiger partial charge in [-0.1, -0.05) is 36.4 Å². The Hall–Kier alpha value is -3.78. The van der Waals surface area contributed by atoms with Crippen molar-refractivity contribution in [2.45, 2.75) is 18.9 Å². The third kappa shape index (κ3) is 3.48. The number of hydrogen-bond acceptors (Lipinski definition) is 4. The molecule has 4 rings (SSSR count). The smallest absolute Gasteiger partial charge is 0.255 e. The fraction of sp³-hybridized carbons (Fsp3) is 0.200. The van der Waals surface area contributed by atoms with Gasteiger partial charge in [0.25, 0.3) is 5.91 Å². The minimum absolute atomic E-state index is 0.129. The van der Waals surface area contributed by atoms with Gasteiger partial charge in [-0.15, -0.1) is 0 Å². The first-order chi connectivity index (χ1) is 14.7. The molecule has 3 aromatic carbocycles. The zero-order chi connectivity index (χ0) is 21.1. The van der Waals surface area contributed by atoms with Crippen LogP contribution in [-0.2, 0) is 0 Å². The molecular formula is C25H23N3O2. The van der Waals surface area contributed by atoms with Crippen LogP contribution in [-0.4, -0.2) is 19.6 Å². The predicted molar refractivity (Wildman–Crippen MR) is 118 cm³/mol. The number of ether oxygens (including phenoxy) is 1. The Morgan fingerprint density at radius 3 is 2.60 bits per heavy atom. The number of nitrogens with zero attached hydrogens (tertiary/aromatic N) is 2. The number of benzene rings is 3. The highest BCUT2D eigenvalue weighted by Crippen LogP contribution is 2.49. The normalized spacial score (nSPS) is 17.2. The second-order valence-corrected chi connectivity index (χ2v) is 7.21. The number of methoxy groups -OCH3 is 1. The lowest BCUT2D eigenvalue weighted by Gasteiger charge is -2.28. The van der Waals surface area contributed by atoms with Gasteiger partial charge in [-0.3, -0.25) is 4.79 Å². The SMILES string of the molecule is CCN1c2cc(OC)ccc2C(C#N)C1c1cccc(NC(=O)c2ccccc2)c1. The number of fused-ring (bicyclic) bond motifs is 1. The molecule has 0 bridgehead atoms. The highest BCUT2D eigenvalue weighted by atomic mass is 16.5. The van der Waals surface area contributed by atoms with Gasteiger partial charge in [0.15, 0.2) is 0 Å². The molecule has 1 heterocycles. The summed E-state index contributed by atoms with van der Waals surface area (Å²) in [5.41, 5.74) is 4.33. The van der Waals surface area contributed by atoms with Gasteiger partial charge in [0.05, 0.1) is 25.1 Å². The molecule has 0 aliphatic carbocycles. The van der Waals surface area contributed by atoms with Crippen molar-refractivity contribution in [2.24, 2.45) is 0 Å². The number of nitriles is 1. The number of hydrogen-bond donors (Lipinski definition) is 1. The van der Waals surface area contributed by atoms with E-state index in [-0.39, 0.29) is 17.9 Å². The minimum atomic E-state index is -0.300. The van der Waals surface area contributed by atoms with Gasteiger partial charge in [0.1, 0.15) is 5.75 Å². The van der Waals surface area contributed by atoms with E-state index in [1.807, 2.05) is 60.7 Å². The van der Waals surface area contributed by atoms with Gasteiger partial charge in [-0.05, 0) is 48.4 Å². The average molecular weight is 397 g/mol. The van der Waals surface area contributed by atoms with E-state index in [2.05, 4.69) is 23.2 Å². The summed E-state index contributed by atoms with van der Waals surface area (Å²) in [5, 5.41) is 12.9. The maximum atomic E-state index is 12.5.